The van der Waals surface area contributed by atoms with Crippen LogP contribution in [0, 0.1) is 0 Å². The van der Waals surface area contributed by atoms with Crippen molar-refractivity contribution >= 4 is 29.1 Å². The standard InChI is InChI=1S/C17H17ClN2O4/c1-23-14-8-3-11(9-15(14)24-2)10-19-16(21)17(22)20-13-6-4-12(18)5-7-13/h3-9H,10H2,1-2H3,(H,19,21)(H,20,22). The Morgan fingerprint density at radius 3 is 2.25 bits per heavy atom. The first-order chi connectivity index (χ1) is 11.5. The van der Waals surface area contributed by atoms with Gasteiger partial charge in [-0.25, -0.2) is 0 Å². The number of carbonyl (C=O) groups is 2. The van der Waals surface area contributed by atoms with E-state index < -0.39 is 11.8 Å². The van der Waals surface area contributed by atoms with Crippen molar-refractivity contribution in [3.63, 3.8) is 0 Å². The van der Waals surface area contributed by atoms with Crippen molar-refractivity contribution in [2.45, 2.75) is 6.54 Å². The Balaban J connectivity index is 1.92. The van der Waals surface area contributed by atoms with Gasteiger partial charge < -0.3 is 20.1 Å². The molecule has 0 aromatic heterocycles. The number of halogens is 1. The minimum atomic E-state index is -0.752. The fourth-order valence-electron chi connectivity index (χ4n) is 1.97. The highest BCUT2D eigenvalue weighted by molar-refractivity contribution is 6.39. The Hall–Kier alpha value is -2.73. The highest BCUT2D eigenvalue weighted by atomic mass is 35.5. The van der Waals surface area contributed by atoms with E-state index in [-0.39, 0.29) is 6.54 Å². The van der Waals surface area contributed by atoms with Crippen molar-refractivity contribution in [3.8, 4) is 11.5 Å². The van der Waals surface area contributed by atoms with Gasteiger partial charge in [0.1, 0.15) is 0 Å². The predicted octanol–water partition coefficient (Wildman–Crippen LogP) is 2.61. The first-order valence-corrected chi connectivity index (χ1v) is 7.47. The predicted molar refractivity (Wildman–Crippen MR) is 91.5 cm³/mol. The summed E-state index contributed by atoms with van der Waals surface area (Å²) < 4.78 is 10.3. The molecular formula is C17H17ClN2O4. The fourth-order valence-corrected chi connectivity index (χ4v) is 2.10. The first-order valence-electron chi connectivity index (χ1n) is 7.09. The van der Waals surface area contributed by atoms with Crippen molar-refractivity contribution in [2.75, 3.05) is 19.5 Å². The second-order valence-electron chi connectivity index (χ2n) is 4.83. The number of hydrogen-bond donors (Lipinski definition) is 2. The van der Waals surface area contributed by atoms with E-state index in [4.69, 9.17) is 21.1 Å². The summed E-state index contributed by atoms with van der Waals surface area (Å²) in [4.78, 5) is 23.7. The average Bonchev–Trinajstić information content (AvgIpc) is 2.61. The first kappa shape index (κ1) is 17.6. The third-order valence-electron chi connectivity index (χ3n) is 3.21. The van der Waals surface area contributed by atoms with E-state index in [0.29, 0.717) is 22.2 Å². The molecule has 0 aliphatic heterocycles. The summed E-state index contributed by atoms with van der Waals surface area (Å²) in [5.41, 5.74) is 1.27. The molecule has 0 unspecified atom stereocenters. The lowest BCUT2D eigenvalue weighted by Crippen LogP contribution is -2.34. The van der Waals surface area contributed by atoms with Crippen LogP contribution in [0.2, 0.25) is 5.02 Å². The van der Waals surface area contributed by atoms with Gasteiger partial charge in [0.15, 0.2) is 11.5 Å². The molecule has 0 spiro atoms. The molecule has 0 atom stereocenters. The third-order valence-corrected chi connectivity index (χ3v) is 3.46. The Morgan fingerprint density at radius 2 is 1.62 bits per heavy atom. The van der Waals surface area contributed by atoms with Crippen LogP contribution in [0.25, 0.3) is 0 Å². The van der Waals surface area contributed by atoms with E-state index in [1.807, 2.05) is 0 Å². The van der Waals surface area contributed by atoms with Crippen LogP contribution in [0.3, 0.4) is 0 Å². The molecule has 0 bridgehead atoms. The molecule has 7 heteroatoms. The number of rotatable bonds is 5. The number of carbonyl (C=O) groups excluding carboxylic acids is 2. The van der Waals surface area contributed by atoms with Crippen molar-refractivity contribution in [1.29, 1.82) is 0 Å². The minimum absolute atomic E-state index is 0.188. The minimum Gasteiger partial charge on any atom is -0.493 e. The summed E-state index contributed by atoms with van der Waals surface area (Å²) in [6.45, 7) is 0.188. The number of nitrogens with one attached hydrogen (secondary N) is 2. The summed E-state index contributed by atoms with van der Waals surface area (Å²) in [6.07, 6.45) is 0. The number of methoxy groups -OCH3 is 2. The van der Waals surface area contributed by atoms with E-state index in [1.165, 1.54) is 7.11 Å². The summed E-state index contributed by atoms with van der Waals surface area (Å²) >= 11 is 5.76. The van der Waals surface area contributed by atoms with Crippen LogP contribution in [0.4, 0.5) is 5.69 Å². The van der Waals surface area contributed by atoms with Gasteiger partial charge in [0.2, 0.25) is 0 Å². The molecule has 0 heterocycles. The molecule has 126 valence electrons. The van der Waals surface area contributed by atoms with Crippen molar-refractivity contribution < 1.29 is 19.1 Å². The van der Waals surface area contributed by atoms with E-state index in [9.17, 15) is 9.59 Å². The zero-order valence-corrected chi connectivity index (χ0v) is 14.0. The maximum absolute atomic E-state index is 11.9. The summed E-state index contributed by atoms with van der Waals surface area (Å²) in [5, 5.41) is 5.58. The summed E-state index contributed by atoms with van der Waals surface area (Å²) in [7, 11) is 3.07. The third kappa shape index (κ3) is 4.63. The number of anilines is 1. The van der Waals surface area contributed by atoms with Crippen LogP contribution in [-0.4, -0.2) is 26.0 Å². The normalized spacial score (nSPS) is 9.96. The number of amides is 2. The molecule has 0 radical (unpaired) electrons. The highest BCUT2D eigenvalue weighted by Crippen LogP contribution is 2.27. The zero-order valence-electron chi connectivity index (χ0n) is 13.3. The lowest BCUT2D eigenvalue weighted by Gasteiger charge is -2.10. The van der Waals surface area contributed by atoms with Crippen molar-refractivity contribution in [3.05, 3.63) is 53.1 Å². The topological polar surface area (TPSA) is 76.7 Å². The number of hydrogen-bond acceptors (Lipinski definition) is 4. The fraction of sp³-hybridized carbons (Fsp3) is 0.176. The molecule has 6 nitrogen and oxygen atoms in total. The molecule has 0 aliphatic rings. The highest BCUT2D eigenvalue weighted by Gasteiger charge is 2.14. The van der Waals surface area contributed by atoms with Gasteiger partial charge in [0.05, 0.1) is 14.2 Å². The van der Waals surface area contributed by atoms with Crippen LogP contribution in [0.1, 0.15) is 5.56 Å². The van der Waals surface area contributed by atoms with Crippen LogP contribution >= 0.6 is 11.6 Å². The quantitative estimate of drug-likeness (QED) is 0.814. The SMILES string of the molecule is COc1ccc(CNC(=O)C(=O)Nc2ccc(Cl)cc2)cc1OC. The van der Waals surface area contributed by atoms with Gasteiger partial charge in [-0.1, -0.05) is 17.7 Å². The van der Waals surface area contributed by atoms with Gasteiger partial charge in [0, 0.05) is 17.3 Å². The van der Waals surface area contributed by atoms with Crippen LogP contribution in [0.5, 0.6) is 11.5 Å². The van der Waals surface area contributed by atoms with Crippen LogP contribution in [-0.2, 0) is 16.1 Å². The van der Waals surface area contributed by atoms with Gasteiger partial charge in [-0.15, -0.1) is 0 Å². The average molecular weight is 349 g/mol. The number of ether oxygens (including phenoxy) is 2. The molecule has 2 aromatic carbocycles. The molecule has 2 N–H and O–H groups in total. The molecule has 0 saturated heterocycles. The maximum atomic E-state index is 11.9. The Bertz CT molecular complexity index is 732. The molecule has 2 aromatic rings. The molecule has 2 rings (SSSR count). The summed E-state index contributed by atoms with van der Waals surface area (Å²) in [6, 6.07) is 11.7. The Labute approximate surface area is 144 Å². The molecule has 0 fully saturated rings. The van der Waals surface area contributed by atoms with Gasteiger partial charge >= 0.3 is 11.8 Å². The lowest BCUT2D eigenvalue weighted by molar-refractivity contribution is -0.136. The van der Waals surface area contributed by atoms with Crippen molar-refractivity contribution in [2.24, 2.45) is 0 Å². The Morgan fingerprint density at radius 1 is 0.958 bits per heavy atom. The maximum Gasteiger partial charge on any atom is 0.313 e. The largest absolute Gasteiger partial charge is 0.493 e. The number of benzene rings is 2. The molecular weight excluding hydrogens is 332 g/mol. The summed E-state index contributed by atoms with van der Waals surface area (Å²) in [5.74, 6) is -0.347. The van der Waals surface area contributed by atoms with E-state index in [2.05, 4.69) is 10.6 Å². The van der Waals surface area contributed by atoms with Crippen LogP contribution < -0.4 is 20.1 Å². The monoisotopic (exact) mass is 348 g/mol. The van der Waals surface area contributed by atoms with Gasteiger partial charge in [-0.3, -0.25) is 9.59 Å². The van der Waals surface area contributed by atoms with E-state index in [0.717, 1.165) is 5.56 Å². The molecule has 24 heavy (non-hydrogen) atoms. The van der Waals surface area contributed by atoms with Gasteiger partial charge in [-0.05, 0) is 42.0 Å². The Kier molecular flexibility index (Phi) is 6.03. The lowest BCUT2D eigenvalue weighted by atomic mass is 10.2. The van der Waals surface area contributed by atoms with E-state index in [1.54, 1.807) is 49.6 Å². The molecule has 0 aliphatic carbocycles. The second kappa shape index (κ2) is 8.21. The van der Waals surface area contributed by atoms with Crippen LogP contribution in [0.15, 0.2) is 42.5 Å². The van der Waals surface area contributed by atoms with Crippen molar-refractivity contribution in [1.82, 2.24) is 5.32 Å². The zero-order chi connectivity index (χ0) is 17.5. The molecule has 0 saturated carbocycles. The smallest absolute Gasteiger partial charge is 0.313 e. The molecule has 2 amide bonds. The second-order valence-corrected chi connectivity index (χ2v) is 5.27. The van der Waals surface area contributed by atoms with Gasteiger partial charge in [0.25, 0.3) is 0 Å². The van der Waals surface area contributed by atoms with E-state index >= 15 is 0 Å². The van der Waals surface area contributed by atoms with Gasteiger partial charge in [-0.2, -0.15) is 0 Å².